The van der Waals surface area contributed by atoms with Crippen molar-refractivity contribution in [3.05, 3.63) is 35.1 Å². The van der Waals surface area contributed by atoms with Crippen molar-refractivity contribution in [1.82, 2.24) is 5.43 Å². The van der Waals surface area contributed by atoms with E-state index in [0.29, 0.717) is 13.2 Å². The van der Waals surface area contributed by atoms with E-state index in [9.17, 15) is 4.39 Å². The van der Waals surface area contributed by atoms with E-state index in [2.05, 4.69) is 5.43 Å². The van der Waals surface area contributed by atoms with Gasteiger partial charge in [-0.25, -0.2) is 4.39 Å². The van der Waals surface area contributed by atoms with E-state index < -0.39 is 0 Å². The Morgan fingerprint density at radius 1 is 1.47 bits per heavy atom. The zero-order valence-corrected chi connectivity index (χ0v) is 9.09. The van der Waals surface area contributed by atoms with Crippen LogP contribution in [0.4, 0.5) is 4.39 Å². The summed E-state index contributed by atoms with van der Waals surface area (Å²) in [5.41, 5.74) is 4.30. The Morgan fingerprint density at radius 3 is 2.73 bits per heavy atom. The first-order chi connectivity index (χ1) is 7.17. The lowest BCUT2D eigenvalue weighted by Crippen LogP contribution is -2.31. The molecule has 1 unspecified atom stereocenters. The molecule has 0 aromatic heterocycles. The van der Waals surface area contributed by atoms with Gasteiger partial charge < -0.3 is 4.74 Å². The minimum Gasteiger partial charge on any atom is -0.380 e. The van der Waals surface area contributed by atoms with Gasteiger partial charge >= 0.3 is 0 Å². The smallest absolute Gasteiger partial charge is 0.123 e. The summed E-state index contributed by atoms with van der Waals surface area (Å²) < 4.78 is 18.4. The largest absolute Gasteiger partial charge is 0.380 e. The molecule has 0 bridgehead atoms. The molecule has 4 heteroatoms. The molecule has 0 aliphatic carbocycles. The summed E-state index contributed by atoms with van der Waals surface area (Å²) in [6.07, 6.45) is 0. The maximum atomic E-state index is 13.1. The highest BCUT2D eigenvalue weighted by atomic mass is 19.1. The van der Waals surface area contributed by atoms with Gasteiger partial charge in [0, 0.05) is 6.61 Å². The van der Waals surface area contributed by atoms with E-state index in [1.807, 2.05) is 19.9 Å². The second-order valence-electron chi connectivity index (χ2n) is 3.44. The standard InChI is InChI=1S/C11H17FN2O/c1-3-15-7-11(14-13)9-4-8(2)5-10(12)6-9/h4-6,11,14H,3,7,13H2,1-2H3. The summed E-state index contributed by atoms with van der Waals surface area (Å²) >= 11 is 0. The average molecular weight is 212 g/mol. The first kappa shape index (κ1) is 12.1. The molecule has 1 atom stereocenters. The molecule has 0 saturated carbocycles. The number of ether oxygens (including phenoxy) is 1. The molecular weight excluding hydrogens is 195 g/mol. The van der Waals surface area contributed by atoms with Crippen molar-refractivity contribution in [1.29, 1.82) is 0 Å². The monoisotopic (exact) mass is 212 g/mol. The van der Waals surface area contributed by atoms with Crippen LogP contribution in [0.3, 0.4) is 0 Å². The molecule has 0 fully saturated rings. The third-order valence-electron chi connectivity index (χ3n) is 2.16. The van der Waals surface area contributed by atoms with Crippen LogP contribution in [0.5, 0.6) is 0 Å². The topological polar surface area (TPSA) is 47.3 Å². The molecule has 0 radical (unpaired) electrons. The molecule has 84 valence electrons. The molecule has 3 N–H and O–H groups in total. The molecule has 0 saturated heterocycles. The third kappa shape index (κ3) is 3.58. The van der Waals surface area contributed by atoms with E-state index in [4.69, 9.17) is 10.6 Å². The van der Waals surface area contributed by atoms with Crippen molar-refractivity contribution in [3.8, 4) is 0 Å². The highest BCUT2D eigenvalue weighted by molar-refractivity contribution is 5.26. The summed E-state index contributed by atoms with van der Waals surface area (Å²) in [6.45, 7) is 4.81. The van der Waals surface area contributed by atoms with Crippen molar-refractivity contribution < 1.29 is 9.13 Å². The van der Waals surface area contributed by atoms with Crippen LogP contribution < -0.4 is 11.3 Å². The molecule has 1 aromatic carbocycles. The molecule has 3 nitrogen and oxygen atoms in total. The minimum atomic E-state index is -0.248. The average Bonchev–Trinajstić information content (AvgIpc) is 2.17. The van der Waals surface area contributed by atoms with Gasteiger partial charge in [0.15, 0.2) is 0 Å². The van der Waals surface area contributed by atoms with Crippen LogP contribution in [0.2, 0.25) is 0 Å². The third-order valence-corrected chi connectivity index (χ3v) is 2.16. The summed E-state index contributed by atoms with van der Waals surface area (Å²) in [7, 11) is 0. The zero-order chi connectivity index (χ0) is 11.3. The maximum absolute atomic E-state index is 13.1. The van der Waals surface area contributed by atoms with Gasteiger partial charge in [-0.3, -0.25) is 11.3 Å². The fourth-order valence-electron chi connectivity index (χ4n) is 1.44. The predicted molar refractivity (Wildman–Crippen MR) is 57.7 cm³/mol. The van der Waals surface area contributed by atoms with Crippen LogP contribution in [-0.4, -0.2) is 13.2 Å². The van der Waals surface area contributed by atoms with Gasteiger partial charge in [0.1, 0.15) is 5.82 Å². The van der Waals surface area contributed by atoms with Crippen LogP contribution in [-0.2, 0) is 4.74 Å². The van der Waals surface area contributed by atoms with Crippen LogP contribution in [0.15, 0.2) is 18.2 Å². The quantitative estimate of drug-likeness (QED) is 0.576. The lowest BCUT2D eigenvalue weighted by molar-refractivity contribution is 0.123. The number of benzene rings is 1. The Kier molecular flexibility index (Phi) is 4.68. The van der Waals surface area contributed by atoms with Crippen molar-refractivity contribution in [2.75, 3.05) is 13.2 Å². The van der Waals surface area contributed by atoms with Gasteiger partial charge in [-0.05, 0) is 37.1 Å². The number of aryl methyl sites for hydroxylation is 1. The summed E-state index contributed by atoms with van der Waals surface area (Å²) in [5, 5.41) is 0. The van der Waals surface area contributed by atoms with Crippen molar-refractivity contribution in [2.24, 2.45) is 5.84 Å². The van der Waals surface area contributed by atoms with E-state index in [-0.39, 0.29) is 11.9 Å². The predicted octanol–water partition coefficient (Wildman–Crippen LogP) is 1.68. The highest BCUT2D eigenvalue weighted by Crippen LogP contribution is 2.16. The fourth-order valence-corrected chi connectivity index (χ4v) is 1.44. The van der Waals surface area contributed by atoms with Crippen molar-refractivity contribution >= 4 is 0 Å². The van der Waals surface area contributed by atoms with Crippen molar-refractivity contribution in [2.45, 2.75) is 19.9 Å². The molecular formula is C11H17FN2O. The van der Waals surface area contributed by atoms with Crippen LogP contribution in [0, 0.1) is 12.7 Å². The Hall–Kier alpha value is -0.970. The van der Waals surface area contributed by atoms with E-state index in [0.717, 1.165) is 11.1 Å². The molecule has 0 spiro atoms. The van der Waals surface area contributed by atoms with Gasteiger partial charge in [-0.15, -0.1) is 0 Å². The minimum absolute atomic E-state index is 0.167. The molecule has 0 aliphatic heterocycles. The first-order valence-electron chi connectivity index (χ1n) is 4.98. The fraction of sp³-hybridized carbons (Fsp3) is 0.455. The SMILES string of the molecule is CCOCC(NN)c1cc(C)cc(F)c1. The molecule has 1 rings (SSSR count). The number of hydrogen-bond donors (Lipinski definition) is 2. The van der Waals surface area contributed by atoms with E-state index in [1.165, 1.54) is 12.1 Å². The Labute approximate surface area is 89.4 Å². The molecule has 15 heavy (non-hydrogen) atoms. The normalized spacial score (nSPS) is 12.8. The number of hydrazine groups is 1. The Bertz CT molecular complexity index is 297. The number of hydrogen-bond acceptors (Lipinski definition) is 3. The van der Waals surface area contributed by atoms with Gasteiger partial charge in [0.2, 0.25) is 0 Å². The van der Waals surface area contributed by atoms with E-state index >= 15 is 0 Å². The van der Waals surface area contributed by atoms with Gasteiger partial charge in [-0.2, -0.15) is 0 Å². The number of rotatable bonds is 5. The van der Waals surface area contributed by atoms with Crippen molar-refractivity contribution in [3.63, 3.8) is 0 Å². The Balaban J connectivity index is 2.81. The lowest BCUT2D eigenvalue weighted by Gasteiger charge is -2.16. The zero-order valence-electron chi connectivity index (χ0n) is 9.09. The summed E-state index contributed by atoms with van der Waals surface area (Å²) in [6, 6.07) is 4.68. The van der Waals surface area contributed by atoms with Crippen LogP contribution >= 0.6 is 0 Å². The number of nitrogens with one attached hydrogen (secondary N) is 1. The molecule has 0 aliphatic rings. The van der Waals surface area contributed by atoms with E-state index in [1.54, 1.807) is 0 Å². The van der Waals surface area contributed by atoms with Gasteiger partial charge in [0.05, 0.1) is 12.6 Å². The van der Waals surface area contributed by atoms with Gasteiger partial charge in [-0.1, -0.05) is 6.07 Å². The molecule has 0 heterocycles. The van der Waals surface area contributed by atoms with Crippen LogP contribution in [0.25, 0.3) is 0 Å². The highest BCUT2D eigenvalue weighted by Gasteiger charge is 2.10. The number of nitrogens with two attached hydrogens (primary N) is 1. The Morgan fingerprint density at radius 2 is 2.20 bits per heavy atom. The first-order valence-corrected chi connectivity index (χ1v) is 4.98. The van der Waals surface area contributed by atoms with Gasteiger partial charge in [0.25, 0.3) is 0 Å². The number of halogens is 1. The molecule has 1 aromatic rings. The summed E-state index contributed by atoms with van der Waals surface area (Å²) in [4.78, 5) is 0. The van der Waals surface area contributed by atoms with Crippen LogP contribution in [0.1, 0.15) is 24.1 Å². The lowest BCUT2D eigenvalue weighted by atomic mass is 10.1. The second kappa shape index (κ2) is 5.80. The maximum Gasteiger partial charge on any atom is 0.123 e. The summed E-state index contributed by atoms with van der Waals surface area (Å²) in [5.74, 6) is 5.14. The second-order valence-corrected chi connectivity index (χ2v) is 3.44. The molecule has 0 amide bonds.